The minimum Gasteiger partial charge on any atom is -0.471 e. The highest BCUT2D eigenvalue weighted by atomic mass is 16.5. The van der Waals surface area contributed by atoms with Crippen LogP contribution < -0.4 is 4.74 Å². The summed E-state index contributed by atoms with van der Waals surface area (Å²) in [5.74, 6) is 0.624. The molecule has 1 aliphatic heterocycles. The third-order valence-corrected chi connectivity index (χ3v) is 4.73. The number of hydrogen-bond donors (Lipinski definition) is 0. The Bertz CT molecular complexity index is 947. The number of nitrogens with zero attached hydrogens (tertiary/aromatic N) is 6. The molecule has 3 aromatic rings. The standard InChI is InChI=1S/C19H22N6O2/c1-14-9-21-25(10-14)12-19(26)24-8-6-17-15(11-24)16(22-23(17)2)13-27-18-5-3-4-7-20-18/h3-5,7,9-10H,6,8,11-13H2,1-2H3. The Morgan fingerprint density at radius 2 is 2.22 bits per heavy atom. The average molecular weight is 366 g/mol. The Labute approximate surface area is 157 Å². The van der Waals surface area contributed by atoms with Crippen LogP contribution in [0.15, 0.2) is 36.8 Å². The lowest BCUT2D eigenvalue weighted by Gasteiger charge is -2.27. The van der Waals surface area contributed by atoms with Crippen LogP contribution in [-0.2, 0) is 38.0 Å². The first kappa shape index (κ1) is 17.3. The van der Waals surface area contributed by atoms with Gasteiger partial charge in [-0.2, -0.15) is 10.2 Å². The topological polar surface area (TPSA) is 78.1 Å². The molecule has 3 aromatic heterocycles. The first-order valence-electron chi connectivity index (χ1n) is 8.94. The molecule has 1 aliphatic rings. The molecule has 0 radical (unpaired) electrons. The molecule has 0 saturated carbocycles. The molecular weight excluding hydrogens is 344 g/mol. The van der Waals surface area contributed by atoms with Crippen molar-refractivity contribution in [2.24, 2.45) is 7.05 Å². The van der Waals surface area contributed by atoms with Crippen LogP contribution >= 0.6 is 0 Å². The maximum Gasteiger partial charge on any atom is 0.244 e. The lowest BCUT2D eigenvalue weighted by atomic mass is 10.1. The van der Waals surface area contributed by atoms with Crippen molar-refractivity contribution in [2.45, 2.75) is 33.0 Å². The van der Waals surface area contributed by atoms with Crippen molar-refractivity contribution in [2.75, 3.05) is 6.54 Å². The highest BCUT2D eigenvalue weighted by Crippen LogP contribution is 2.23. The van der Waals surface area contributed by atoms with E-state index in [2.05, 4.69) is 15.2 Å². The largest absolute Gasteiger partial charge is 0.471 e. The van der Waals surface area contributed by atoms with Gasteiger partial charge < -0.3 is 9.64 Å². The number of rotatable bonds is 5. The zero-order valence-electron chi connectivity index (χ0n) is 15.5. The smallest absolute Gasteiger partial charge is 0.244 e. The van der Waals surface area contributed by atoms with Gasteiger partial charge in [-0.3, -0.25) is 14.2 Å². The van der Waals surface area contributed by atoms with Crippen LogP contribution in [0.25, 0.3) is 0 Å². The van der Waals surface area contributed by atoms with Gasteiger partial charge in [-0.05, 0) is 18.6 Å². The zero-order valence-corrected chi connectivity index (χ0v) is 15.5. The number of fused-ring (bicyclic) bond motifs is 1. The average Bonchev–Trinajstić information content (AvgIpc) is 3.23. The summed E-state index contributed by atoms with van der Waals surface area (Å²) in [6, 6.07) is 5.55. The molecule has 0 atom stereocenters. The number of pyridine rings is 1. The van der Waals surface area contributed by atoms with E-state index < -0.39 is 0 Å². The van der Waals surface area contributed by atoms with E-state index in [-0.39, 0.29) is 12.5 Å². The van der Waals surface area contributed by atoms with E-state index in [9.17, 15) is 4.79 Å². The van der Waals surface area contributed by atoms with Crippen LogP contribution in [0.2, 0.25) is 0 Å². The fourth-order valence-corrected chi connectivity index (χ4v) is 3.37. The van der Waals surface area contributed by atoms with Gasteiger partial charge in [0.25, 0.3) is 0 Å². The lowest BCUT2D eigenvalue weighted by molar-refractivity contribution is -0.133. The molecule has 0 saturated heterocycles. The molecule has 0 bridgehead atoms. The van der Waals surface area contributed by atoms with E-state index in [4.69, 9.17) is 4.74 Å². The van der Waals surface area contributed by atoms with Crippen LogP contribution in [0.3, 0.4) is 0 Å². The fourth-order valence-electron chi connectivity index (χ4n) is 3.37. The number of amides is 1. The van der Waals surface area contributed by atoms with Gasteiger partial charge in [-0.25, -0.2) is 4.98 Å². The summed E-state index contributed by atoms with van der Waals surface area (Å²) < 4.78 is 9.34. The molecule has 8 heteroatoms. The van der Waals surface area contributed by atoms with Gasteiger partial charge >= 0.3 is 0 Å². The van der Waals surface area contributed by atoms with Crippen molar-refractivity contribution in [1.29, 1.82) is 0 Å². The van der Waals surface area contributed by atoms with E-state index >= 15 is 0 Å². The minimum atomic E-state index is 0.0594. The van der Waals surface area contributed by atoms with E-state index in [1.807, 2.05) is 47.9 Å². The molecule has 27 heavy (non-hydrogen) atoms. The van der Waals surface area contributed by atoms with Crippen LogP contribution in [-0.4, -0.2) is 41.9 Å². The summed E-state index contributed by atoms with van der Waals surface area (Å²) in [6.07, 6.45) is 6.12. The lowest BCUT2D eigenvalue weighted by Crippen LogP contribution is -2.38. The third kappa shape index (κ3) is 3.69. The second kappa shape index (κ2) is 7.22. The zero-order chi connectivity index (χ0) is 18.8. The van der Waals surface area contributed by atoms with E-state index in [1.54, 1.807) is 17.1 Å². The third-order valence-electron chi connectivity index (χ3n) is 4.73. The Balaban J connectivity index is 1.47. The first-order valence-corrected chi connectivity index (χ1v) is 8.94. The van der Waals surface area contributed by atoms with E-state index in [0.29, 0.717) is 25.6 Å². The number of ether oxygens (including phenoxy) is 1. The SMILES string of the molecule is Cc1cnn(CC(=O)N2CCc3c(c(COc4ccccn4)nn3C)C2)c1. The van der Waals surface area contributed by atoms with Gasteiger partial charge in [0, 0.05) is 56.3 Å². The monoisotopic (exact) mass is 366 g/mol. The summed E-state index contributed by atoms with van der Waals surface area (Å²) in [5, 5.41) is 8.80. The molecule has 0 aromatic carbocycles. The van der Waals surface area contributed by atoms with Crippen molar-refractivity contribution in [3.05, 3.63) is 59.3 Å². The predicted molar refractivity (Wildman–Crippen MR) is 97.9 cm³/mol. The number of aromatic nitrogens is 5. The molecule has 4 heterocycles. The van der Waals surface area contributed by atoms with E-state index in [0.717, 1.165) is 28.9 Å². The van der Waals surface area contributed by atoms with Gasteiger partial charge in [0.1, 0.15) is 18.8 Å². The number of hydrogen-bond acceptors (Lipinski definition) is 5. The van der Waals surface area contributed by atoms with Crippen LogP contribution in [0.4, 0.5) is 0 Å². The first-order chi connectivity index (χ1) is 13.1. The maximum atomic E-state index is 12.7. The predicted octanol–water partition coefficient (Wildman–Crippen LogP) is 1.48. The van der Waals surface area contributed by atoms with Crippen LogP contribution in [0.1, 0.15) is 22.5 Å². The molecule has 0 aliphatic carbocycles. The second-order valence-electron chi connectivity index (χ2n) is 6.73. The van der Waals surface area contributed by atoms with Crippen molar-refractivity contribution < 1.29 is 9.53 Å². The summed E-state index contributed by atoms with van der Waals surface area (Å²) in [4.78, 5) is 18.7. The quantitative estimate of drug-likeness (QED) is 0.684. The van der Waals surface area contributed by atoms with Gasteiger partial charge in [-0.15, -0.1) is 0 Å². The second-order valence-corrected chi connectivity index (χ2v) is 6.73. The van der Waals surface area contributed by atoms with Gasteiger partial charge in [0.05, 0.1) is 6.20 Å². The molecule has 0 spiro atoms. The summed E-state index contributed by atoms with van der Waals surface area (Å²) in [6.45, 7) is 3.78. The molecule has 1 amide bonds. The van der Waals surface area contributed by atoms with Gasteiger partial charge in [-0.1, -0.05) is 6.07 Å². The highest BCUT2D eigenvalue weighted by Gasteiger charge is 2.27. The Hall–Kier alpha value is -3.16. The maximum absolute atomic E-state index is 12.7. The normalized spacial score (nSPS) is 13.5. The summed E-state index contributed by atoms with van der Waals surface area (Å²) in [5.41, 5.74) is 4.13. The highest BCUT2D eigenvalue weighted by molar-refractivity contribution is 5.76. The van der Waals surface area contributed by atoms with Crippen molar-refractivity contribution >= 4 is 5.91 Å². The molecule has 140 valence electrons. The Morgan fingerprint density at radius 3 is 2.96 bits per heavy atom. The summed E-state index contributed by atoms with van der Waals surface area (Å²) in [7, 11) is 1.94. The number of aryl methyl sites for hydroxylation is 2. The van der Waals surface area contributed by atoms with Gasteiger partial charge in [0.2, 0.25) is 11.8 Å². The van der Waals surface area contributed by atoms with E-state index in [1.165, 1.54) is 0 Å². The van der Waals surface area contributed by atoms with Gasteiger partial charge in [0.15, 0.2) is 0 Å². The molecule has 0 fully saturated rings. The van der Waals surface area contributed by atoms with Crippen molar-refractivity contribution in [3.63, 3.8) is 0 Å². The Morgan fingerprint density at radius 1 is 1.33 bits per heavy atom. The van der Waals surface area contributed by atoms with Crippen LogP contribution in [0.5, 0.6) is 5.88 Å². The molecule has 0 N–H and O–H groups in total. The van der Waals surface area contributed by atoms with Crippen molar-refractivity contribution in [1.82, 2.24) is 29.4 Å². The van der Waals surface area contributed by atoms with Crippen LogP contribution in [0, 0.1) is 6.92 Å². The molecular formula is C19H22N6O2. The van der Waals surface area contributed by atoms with Crippen molar-refractivity contribution in [3.8, 4) is 5.88 Å². The fraction of sp³-hybridized carbons (Fsp3) is 0.368. The number of carbonyl (C=O) groups excluding carboxylic acids is 1. The molecule has 4 rings (SSSR count). The molecule has 0 unspecified atom stereocenters. The number of carbonyl (C=O) groups is 1. The summed E-state index contributed by atoms with van der Waals surface area (Å²) >= 11 is 0. The minimum absolute atomic E-state index is 0.0594. The Kier molecular flexibility index (Phi) is 4.62. The molecule has 8 nitrogen and oxygen atoms in total.